The Hall–Kier alpha value is -0.450. The van der Waals surface area contributed by atoms with Gasteiger partial charge in [0.05, 0.1) is 27.2 Å². The molecule has 0 aliphatic heterocycles. The Balaban J connectivity index is 4.10. The lowest BCUT2D eigenvalue weighted by molar-refractivity contribution is -0.891. The Kier molecular flexibility index (Phi) is 10.1. The van der Waals surface area contributed by atoms with E-state index in [1.165, 1.54) is 0 Å². The van der Waals surface area contributed by atoms with E-state index in [-0.39, 0.29) is 6.10 Å². The molecule has 0 aliphatic carbocycles. The molecule has 4 heteroatoms. The quantitative estimate of drug-likeness (QED) is 0.440. The number of aliphatic hydroxyl groups is 1. The third kappa shape index (κ3) is 9.45. The number of rotatable bonds is 12. The van der Waals surface area contributed by atoms with Gasteiger partial charge in [-0.3, -0.25) is 9.69 Å². The largest absolute Gasteiger partial charge is 0.386 e. The van der Waals surface area contributed by atoms with Crippen LogP contribution in [0.1, 0.15) is 46.5 Å². The summed E-state index contributed by atoms with van der Waals surface area (Å²) < 4.78 is 0.809. The molecule has 0 aromatic carbocycles. The fraction of sp³-hybridized carbons (Fsp3) is 0.938. The van der Waals surface area contributed by atoms with Crippen molar-refractivity contribution in [1.82, 2.24) is 4.90 Å². The van der Waals surface area contributed by atoms with Gasteiger partial charge < -0.3 is 9.59 Å². The summed E-state index contributed by atoms with van der Waals surface area (Å²) in [6.45, 7) is 9.95. The van der Waals surface area contributed by atoms with Crippen molar-refractivity contribution in [3.05, 3.63) is 0 Å². The highest BCUT2D eigenvalue weighted by Gasteiger charge is 2.21. The fourth-order valence-electron chi connectivity index (χ4n) is 2.26. The molecule has 1 N–H and O–H groups in total. The molecule has 0 aliphatic rings. The van der Waals surface area contributed by atoms with Crippen LogP contribution in [0.3, 0.4) is 0 Å². The second kappa shape index (κ2) is 10.3. The van der Waals surface area contributed by atoms with Crippen LogP contribution in [-0.4, -0.2) is 73.2 Å². The summed E-state index contributed by atoms with van der Waals surface area (Å²) in [5, 5.41) is 10.2. The van der Waals surface area contributed by atoms with Crippen LogP contribution in [0, 0.1) is 0 Å². The molecule has 0 aromatic heterocycles. The van der Waals surface area contributed by atoms with Crippen LogP contribution in [0.2, 0.25) is 0 Å². The average Bonchev–Trinajstić information content (AvgIpc) is 2.37. The van der Waals surface area contributed by atoms with E-state index < -0.39 is 0 Å². The van der Waals surface area contributed by atoms with E-state index in [0.29, 0.717) is 25.3 Å². The zero-order valence-electron chi connectivity index (χ0n) is 14.2. The van der Waals surface area contributed by atoms with E-state index in [0.717, 1.165) is 43.4 Å². The predicted molar refractivity (Wildman–Crippen MR) is 84.8 cm³/mol. The van der Waals surface area contributed by atoms with Crippen molar-refractivity contribution in [3.63, 3.8) is 0 Å². The molecule has 0 spiro atoms. The van der Waals surface area contributed by atoms with Crippen LogP contribution in [0.25, 0.3) is 0 Å². The van der Waals surface area contributed by atoms with Crippen LogP contribution in [0.15, 0.2) is 0 Å². The zero-order chi connectivity index (χ0) is 15.6. The predicted octanol–water partition coefficient (Wildman–Crippen LogP) is 1.91. The first-order valence-corrected chi connectivity index (χ1v) is 8.08. The monoisotopic (exact) mass is 287 g/mol. The van der Waals surface area contributed by atoms with Crippen LogP contribution < -0.4 is 0 Å². The number of carbonyl (C=O) groups is 1. The van der Waals surface area contributed by atoms with Crippen LogP contribution in [0.4, 0.5) is 0 Å². The van der Waals surface area contributed by atoms with Gasteiger partial charge in [0.25, 0.3) is 0 Å². The highest BCUT2D eigenvalue weighted by molar-refractivity contribution is 5.80. The number of nitrogens with zero attached hydrogens (tertiary/aromatic N) is 2. The number of Topliss-reactive ketones (excluding diaryl/α,β-unsaturated/α-hetero) is 1. The number of ketones is 1. The molecular formula is C16H35N2O2+. The summed E-state index contributed by atoms with van der Waals surface area (Å²) in [4.78, 5) is 13.9. The second-order valence-corrected chi connectivity index (χ2v) is 6.41. The van der Waals surface area contributed by atoms with Gasteiger partial charge in [0, 0.05) is 13.0 Å². The molecule has 0 aromatic rings. The normalized spacial score (nSPS) is 13.8. The Morgan fingerprint density at radius 3 is 2.35 bits per heavy atom. The van der Waals surface area contributed by atoms with Gasteiger partial charge in [0.15, 0.2) is 0 Å². The molecule has 0 rings (SSSR count). The van der Waals surface area contributed by atoms with Crippen molar-refractivity contribution in [3.8, 4) is 0 Å². The first-order valence-electron chi connectivity index (χ1n) is 8.08. The van der Waals surface area contributed by atoms with Gasteiger partial charge in [0.2, 0.25) is 0 Å². The Labute approximate surface area is 125 Å². The smallest absolute Gasteiger partial charge is 0.146 e. The van der Waals surface area contributed by atoms with Gasteiger partial charge in [-0.15, -0.1) is 0 Å². The highest BCUT2D eigenvalue weighted by atomic mass is 16.3. The van der Waals surface area contributed by atoms with Crippen molar-refractivity contribution in [2.24, 2.45) is 0 Å². The van der Waals surface area contributed by atoms with Gasteiger partial charge >= 0.3 is 0 Å². The molecule has 0 radical (unpaired) electrons. The summed E-state index contributed by atoms with van der Waals surface area (Å²) in [7, 11) is 4.24. The van der Waals surface area contributed by atoms with Gasteiger partial charge in [-0.2, -0.15) is 0 Å². The second-order valence-electron chi connectivity index (χ2n) is 6.41. The first-order chi connectivity index (χ1) is 9.34. The van der Waals surface area contributed by atoms with E-state index in [9.17, 15) is 9.90 Å². The summed E-state index contributed by atoms with van der Waals surface area (Å²) in [6, 6.07) is 0. The van der Waals surface area contributed by atoms with E-state index in [2.05, 4.69) is 32.8 Å². The molecule has 0 heterocycles. The lowest BCUT2D eigenvalue weighted by Crippen LogP contribution is -2.48. The van der Waals surface area contributed by atoms with Crippen molar-refractivity contribution in [1.29, 1.82) is 0 Å². The van der Waals surface area contributed by atoms with Crippen LogP contribution in [0.5, 0.6) is 0 Å². The van der Waals surface area contributed by atoms with E-state index in [1.807, 2.05) is 6.92 Å². The summed E-state index contributed by atoms with van der Waals surface area (Å²) in [5.41, 5.74) is 0. The van der Waals surface area contributed by atoms with Gasteiger partial charge in [-0.25, -0.2) is 0 Å². The Bertz CT molecular complexity index is 267. The van der Waals surface area contributed by atoms with Gasteiger partial charge in [-0.05, 0) is 19.9 Å². The van der Waals surface area contributed by atoms with Crippen molar-refractivity contribution < 1.29 is 14.4 Å². The maximum Gasteiger partial charge on any atom is 0.146 e. The number of aliphatic hydroxyl groups excluding tert-OH is 1. The molecule has 1 atom stereocenters. The topological polar surface area (TPSA) is 40.5 Å². The molecule has 0 saturated carbocycles. The summed E-state index contributed by atoms with van der Waals surface area (Å²) in [5.74, 6) is 0.303. The molecular weight excluding hydrogens is 252 g/mol. The van der Waals surface area contributed by atoms with Crippen molar-refractivity contribution in [2.45, 2.75) is 52.6 Å². The highest BCUT2D eigenvalue weighted by Crippen LogP contribution is 2.04. The minimum absolute atomic E-state index is 0.303. The molecule has 4 nitrogen and oxygen atoms in total. The number of quaternary nitrogens is 1. The number of carbonyl (C=O) groups excluding carboxylic acids is 1. The molecule has 0 saturated heterocycles. The third-order valence-electron chi connectivity index (χ3n) is 3.94. The number of likely N-dealkylation sites (N-methyl/N-ethyl adjacent to an activating group) is 2. The molecule has 1 unspecified atom stereocenters. The Morgan fingerprint density at radius 1 is 1.20 bits per heavy atom. The average molecular weight is 287 g/mol. The van der Waals surface area contributed by atoms with E-state index >= 15 is 0 Å². The maximum atomic E-state index is 11.9. The standard InChI is InChI=1S/C16H35N2O2/c1-6-9-10-11-15(19)12-17(7-2)13-16(20)14-18(4,5)8-3/h16,20H,6-14H2,1-5H3/q+1. The van der Waals surface area contributed by atoms with Crippen LogP contribution in [-0.2, 0) is 4.79 Å². The molecule has 120 valence electrons. The lowest BCUT2D eigenvalue weighted by atomic mass is 10.1. The van der Waals surface area contributed by atoms with Gasteiger partial charge in [0.1, 0.15) is 18.4 Å². The number of hydrogen-bond donors (Lipinski definition) is 1. The minimum atomic E-state index is -0.367. The minimum Gasteiger partial charge on any atom is -0.386 e. The fourth-order valence-corrected chi connectivity index (χ4v) is 2.26. The first kappa shape index (κ1) is 19.6. The van der Waals surface area contributed by atoms with Crippen molar-refractivity contribution in [2.75, 3.05) is 46.8 Å². The molecule has 0 bridgehead atoms. The Morgan fingerprint density at radius 2 is 1.85 bits per heavy atom. The third-order valence-corrected chi connectivity index (χ3v) is 3.94. The lowest BCUT2D eigenvalue weighted by Gasteiger charge is -2.32. The van der Waals surface area contributed by atoms with Crippen molar-refractivity contribution >= 4 is 5.78 Å². The summed E-state index contributed by atoms with van der Waals surface area (Å²) in [6.07, 6.45) is 3.58. The van der Waals surface area contributed by atoms with Crippen LogP contribution >= 0.6 is 0 Å². The SMILES string of the molecule is CCCCCC(=O)CN(CC)CC(O)C[N+](C)(C)CC. The van der Waals surface area contributed by atoms with E-state index in [4.69, 9.17) is 0 Å². The zero-order valence-corrected chi connectivity index (χ0v) is 14.2. The number of unbranched alkanes of at least 4 members (excludes halogenated alkanes) is 2. The summed E-state index contributed by atoms with van der Waals surface area (Å²) >= 11 is 0. The molecule has 20 heavy (non-hydrogen) atoms. The molecule has 0 fully saturated rings. The number of hydrogen-bond acceptors (Lipinski definition) is 3. The van der Waals surface area contributed by atoms with Gasteiger partial charge in [-0.1, -0.05) is 26.7 Å². The molecule has 0 amide bonds. The maximum absolute atomic E-state index is 11.9. The van der Waals surface area contributed by atoms with E-state index in [1.54, 1.807) is 0 Å².